The zero-order valence-electron chi connectivity index (χ0n) is 20.3. The zero-order chi connectivity index (χ0) is 25.4. The molecule has 1 aromatic heterocycles. The number of hydrogen-bond donors (Lipinski definition) is 0. The van der Waals surface area contributed by atoms with Gasteiger partial charge >= 0.3 is 5.97 Å². The number of aromatic nitrogens is 2. The van der Waals surface area contributed by atoms with Crippen LogP contribution in [0.3, 0.4) is 0 Å². The van der Waals surface area contributed by atoms with Crippen molar-refractivity contribution in [3.63, 3.8) is 0 Å². The van der Waals surface area contributed by atoms with Crippen molar-refractivity contribution in [3.8, 4) is 5.75 Å². The van der Waals surface area contributed by atoms with Crippen molar-refractivity contribution in [2.45, 2.75) is 31.8 Å². The van der Waals surface area contributed by atoms with Crippen LogP contribution in [0.25, 0.3) is 16.5 Å². The number of aryl methyl sites for hydroxylation is 1. The number of benzene rings is 3. The number of esters is 1. The third kappa shape index (κ3) is 4.04. The molecule has 0 spiro atoms. The Hall–Kier alpha value is -4.00. The van der Waals surface area contributed by atoms with Gasteiger partial charge in [-0.2, -0.15) is 4.39 Å². The van der Waals surface area contributed by atoms with Crippen molar-refractivity contribution in [1.29, 1.82) is 0 Å². The van der Waals surface area contributed by atoms with Gasteiger partial charge in [-0.25, -0.2) is 4.39 Å². The topological polar surface area (TPSA) is 53.4 Å². The van der Waals surface area contributed by atoms with E-state index in [2.05, 4.69) is 5.10 Å². The van der Waals surface area contributed by atoms with E-state index < -0.39 is 17.3 Å². The monoisotopic (exact) mass is 488 g/mol. The molecule has 0 saturated carbocycles. The van der Waals surface area contributed by atoms with Gasteiger partial charge in [-0.1, -0.05) is 36.4 Å². The summed E-state index contributed by atoms with van der Waals surface area (Å²) in [4.78, 5) is 13.7. The fourth-order valence-electron chi connectivity index (χ4n) is 4.99. The minimum absolute atomic E-state index is 0.0857. The molecule has 1 heterocycles. The van der Waals surface area contributed by atoms with Gasteiger partial charge in [0.1, 0.15) is 23.6 Å². The van der Waals surface area contributed by atoms with E-state index in [1.807, 2.05) is 30.3 Å². The second-order valence-corrected chi connectivity index (χ2v) is 9.12. The first kappa shape index (κ1) is 23.7. The predicted octanol–water partition coefficient (Wildman–Crippen LogP) is 6.03. The summed E-state index contributed by atoms with van der Waals surface area (Å²) in [5, 5.41) is 4.29. The predicted molar refractivity (Wildman–Crippen MR) is 133 cm³/mol. The molecule has 0 saturated heterocycles. The van der Waals surface area contributed by atoms with E-state index in [1.54, 1.807) is 51.4 Å². The molecule has 1 aliphatic carbocycles. The van der Waals surface area contributed by atoms with Crippen molar-refractivity contribution < 1.29 is 23.0 Å². The Morgan fingerprint density at radius 3 is 2.64 bits per heavy atom. The molecule has 0 bridgehead atoms. The number of halogens is 2. The van der Waals surface area contributed by atoms with Gasteiger partial charge in [0.25, 0.3) is 0 Å². The smallest absolute Gasteiger partial charge is 0.320 e. The Kier molecular flexibility index (Phi) is 6.08. The summed E-state index contributed by atoms with van der Waals surface area (Å²) >= 11 is 0. The van der Waals surface area contributed by atoms with Crippen molar-refractivity contribution in [2.75, 3.05) is 7.11 Å². The zero-order valence-corrected chi connectivity index (χ0v) is 20.3. The molecule has 0 aliphatic heterocycles. The van der Waals surface area contributed by atoms with Crippen LogP contribution in [0.5, 0.6) is 5.75 Å². The van der Waals surface area contributed by atoms with E-state index in [0.717, 1.165) is 16.7 Å². The maximum atomic E-state index is 14.6. The van der Waals surface area contributed by atoms with E-state index in [4.69, 9.17) is 9.47 Å². The number of rotatable bonds is 6. The van der Waals surface area contributed by atoms with Gasteiger partial charge in [0.2, 0.25) is 5.95 Å². The molecule has 0 unspecified atom stereocenters. The number of carbonyl (C=O) groups excluding carboxylic acids is 1. The number of hydrogen-bond acceptors (Lipinski definition) is 4. The van der Waals surface area contributed by atoms with E-state index >= 15 is 0 Å². The van der Waals surface area contributed by atoms with E-state index in [-0.39, 0.29) is 12.4 Å². The fourth-order valence-corrected chi connectivity index (χ4v) is 4.99. The Balaban J connectivity index is 1.53. The highest BCUT2D eigenvalue weighted by Crippen LogP contribution is 2.45. The van der Waals surface area contributed by atoms with Gasteiger partial charge in [0.15, 0.2) is 0 Å². The highest BCUT2D eigenvalue weighted by atomic mass is 19.1. The third-order valence-corrected chi connectivity index (χ3v) is 7.03. The summed E-state index contributed by atoms with van der Waals surface area (Å²) < 4.78 is 41.2. The van der Waals surface area contributed by atoms with Crippen molar-refractivity contribution >= 4 is 22.4 Å². The molecule has 4 aromatic rings. The van der Waals surface area contributed by atoms with E-state index in [9.17, 15) is 13.6 Å². The average molecular weight is 489 g/mol. The molecule has 36 heavy (non-hydrogen) atoms. The maximum absolute atomic E-state index is 14.6. The summed E-state index contributed by atoms with van der Waals surface area (Å²) in [5.74, 6) is -0.616. The lowest BCUT2D eigenvalue weighted by Crippen LogP contribution is -2.34. The lowest BCUT2D eigenvalue weighted by molar-refractivity contribution is -0.150. The molecule has 1 atom stereocenters. The first-order valence-corrected chi connectivity index (χ1v) is 11.7. The van der Waals surface area contributed by atoms with Crippen LogP contribution >= 0.6 is 0 Å². The number of carbonyl (C=O) groups is 1. The van der Waals surface area contributed by atoms with Gasteiger partial charge < -0.3 is 9.47 Å². The molecular formula is C29H26F2N2O3. The number of ether oxygens (including phenoxy) is 2. The summed E-state index contributed by atoms with van der Waals surface area (Å²) in [6.45, 7) is 1.77. The first-order chi connectivity index (χ1) is 17.3. The minimum atomic E-state index is -1.14. The molecular weight excluding hydrogens is 462 g/mol. The number of fused-ring (bicyclic) bond motifs is 1. The average Bonchev–Trinajstić information content (AvgIpc) is 3.46. The van der Waals surface area contributed by atoms with Crippen molar-refractivity contribution in [3.05, 3.63) is 101 Å². The number of allylic oxidation sites excluding steroid dienone is 1. The SMILES string of the molecule is COc1ccc(COC(=O)[C@]2(c3cccc(F)c3C)C=C(c3ccc4c(F)nn(C)c4c3)CC2)cc1. The Bertz CT molecular complexity index is 1490. The Morgan fingerprint density at radius 2 is 1.89 bits per heavy atom. The van der Waals surface area contributed by atoms with Gasteiger partial charge in [0.05, 0.1) is 18.0 Å². The molecule has 0 fully saturated rings. The Morgan fingerprint density at radius 1 is 1.11 bits per heavy atom. The Labute approximate surface area is 208 Å². The maximum Gasteiger partial charge on any atom is 0.320 e. The van der Waals surface area contributed by atoms with Gasteiger partial charge in [-0.05, 0) is 77.9 Å². The molecule has 7 heteroatoms. The quantitative estimate of drug-likeness (QED) is 0.311. The van der Waals surface area contributed by atoms with Crippen molar-refractivity contribution in [2.24, 2.45) is 7.05 Å². The minimum Gasteiger partial charge on any atom is -0.497 e. The highest BCUT2D eigenvalue weighted by Gasteiger charge is 2.45. The lowest BCUT2D eigenvalue weighted by Gasteiger charge is -2.27. The van der Waals surface area contributed by atoms with Crippen LogP contribution in [0.2, 0.25) is 0 Å². The number of methoxy groups -OCH3 is 1. The van der Waals surface area contributed by atoms with Gasteiger partial charge in [-0.3, -0.25) is 9.48 Å². The molecule has 0 radical (unpaired) electrons. The standard InChI is InChI=1S/C29H26F2N2O3/c1-18-24(5-4-6-25(18)30)29(28(34)36-17-19-7-10-22(35-3)11-8-19)14-13-21(16-29)20-9-12-23-26(15-20)33(2)32-27(23)31/h4-12,15-16H,13-14,17H2,1-3H3/t29-/m0/s1. The van der Waals surface area contributed by atoms with Crippen LogP contribution in [-0.2, 0) is 28.6 Å². The summed E-state index contributed by atoms with van der Waals surface area (Å²) in [6, 6.07) is 17.5. The highest BCUT2D eigenvalue weighted by molar-refractivity contribution is 5.92. The van der Waals surface area contributed by atoms with E-state index in [1.165, 1.54) is 10.7 Å². The first-order valence-electron chi connectivity index (χ1n) is 11.7. The summed E-state index contributed by atoms with van der Waals surface area (Å²) in [6.07, 6.45) is 2.91. The van der Waals surface area contributed by atoms with Crippen LogP contribution < -0.4 is 4.74 Å². The van der Waals surface area contributed by atoms with Crippen LogP contribution in [0.15, 0.2) is 66.7 Å². The van der Waals surface area contributed by atoms with E-state index in [0.29, 0.717) is 40.6 Å². The molecule has 0 N–H and O–H groups in total. The van der Waals surface area contributed by atoms with Crippen molar-refractivity contribution in [1.82, 2.24) is 9.78 Å². The molecule has 1 aliphatic rings. The van der Waals surface area contributed by atoms with Gasteiger partial charge in [-0.15, -0.1) is 5.10 Å². The second-order valence-electron chi connectivity index (χ2n) is 9.12. The number of nitrogens with zero attached hydrogens (tertiary/aromatic N) is 2. The van der Waals surface area contributed by atoms with Crippen LogP contribution in [0.1, 0.15) is 35.1 Å². The molecule has 5 rings (SSSR count). The second kappa shape index (κ2) is 9.22. The van der Waals surface area contributed by atoms with Crippen LogP contribution in [0, 0.1) is 18.7 Å². The molecule has 184 valence electrons. The molecule has 0 amide bonds. The fraction of sp³-hybridized carbons (Fsp3) is 0.241. The normalized spacial score (nSPS) is 17.3. The molecule has 3 aromatic carbocycles. The van der Waals surface area contributed by atoms with Crippen LogP contribution in [0.4, 0.5) is 8.78 Å². The lowest BCUT2D eigenvalue weighted by atomic mass is 9.77. The largest absolute Gasteiger partial charge is 0.497 e. The third-order valence-electron chi connectivity index (χ3n) is 7.03. The summed E-state index contributed by atoms with van der Waals surface area (Å²) in [7, 11) is 3.28. The molecule has 5 nitrogen and oxygen atoms in total. The van der Waals surface area contributed by atoms with Gasteiger partial charge in [0, 0.05) is 7.05 Å². The van der Waals surface area contributed by atoms with Crippen LogP contribution in [-0.4, -0.2) is 22.9 Å². The summed E-state index contributed by atoms with van der Waals surface area (Å²) in [5.41, 5.74) is 3.13.